The first-order valence-corrected chi connectivity index (χ1v) is 27.1. The Morgan fingerprint density at radius 1 is 0.693 bits per heavy atom. The zero-order valence-corrected chi connectivity index (χ0v) is 50.2. The van der Waals surface area contributed by atoms with Crippen LogP contribution in [0, 0.1) is 78.4 Å². The smallest absolute Gasteiger partial charge is 0.545 e. The number of carboxylic acid groups (broad SMARTS) is 2. The summed E-state index contributed by atoms with van der Waals surface area (Å²) in [5.41, 5.74) is 2.11. The Labute approximate surface area is 496 Å². The Kier molecular flexibility index (Phi) is 21.1. The molecule has 0 amide bonds. The fourth-order valence-electron chi connectivity index (χ4n) is 14.3. The van der Waals surface area contributed by atoms with Gasteiger partial charge in [-0.05, 0) is 205 Å². The molecule has 0 saturated heterocycles. The predicted molar refractivity (Wildman–Crippen MR) is 279 cm³/mol. The zero-order chi connectivity index (χ0) is 52.4. The van der Waals surface area contributed by atoms with Crippen molar-refractivity contribution in [3.05, 3.63) is 143 Å². The second kappa shape index (κ2) is 26.0. The van der Waals surface area contributed by atoms with E-state index in [0.717, 1.165) is 54.8 Å². The molecule has 16 heteroatoms. The van der Waals surface area contributed by atoms with Crippen molar-refractivity contribution >= 4 is 52.1 Å². The van der Waals surface area contributed by atoms with E-state index < -0.39 is 21.8 Å². The number of aromatic carboxylic acids is 2. The maximum atomic E-state index is 12.8. The molecule has 9 atom stereocenters. The summed E-state index contributed by atoms with van der Waals surface area (Å²) in [6.45, 7) is 12.2. The molecule has 4 aliphatic carbocycles. The van der Waals surface area contributed by atoms with E-state index in [9.17, 15) is 40.0 Å². The Balaban J connectivity index is 0.00000457. The molecule has 4 aromatic carbocycles. The molecule has 4 saturated carbocycles. The molecule has 0 spiro atoms. The number of carbonyl (C=O) groups is 2. The molecular formula is C59H68Cl2N2Na2O10. The monoisotopic (exact) mass is 1080 g/mol. The number of nitro benzene ring substituents is 2. The number of ether oxygens (including phenoxy) is 2. The maximum absolute atomic E-state index is 12.8. The normalized spacial score (nSPS) is 25.0. The van der Waals surface area contributed by atoms with Crippen LogP contribution in [0.5, 0.6) is 11.5 Å². The van der Waals surface area contributed by atoms with Crippen molar-refractivity contribution < 1.29 is 98.2 Å². The van der Waals surface area contributed by atoms with Gasteiger partial charge in [0.1, 0.15) is 24.7 Å². The standard InChI is InChI=1S/C59H70Cl2N2O10.2Na/c1-35(2)8-6-9-36(3)49-22-23-50-46-21-16-42-28-37(24-26-58(42,4)51(46)25-27-59(49,50)5)10-7-11-45(40-29-47(56(64)65)54(52(60)31-40)72-33-38-12-17-43(18-13-38)62(68)69)41-30-48(57(66)67)55(53(61)32-41)73-34-39-14-19-44(20-15-39)63(70)71;;/h11-15,17-20,29-32,35-37,42,46,49-51H,6-10,16,21-28,33-34H2,1-5H3,(H,64,65)(H,66,67);;/q;2*+1/p-2/t36-,37+,42?,46+,49-,50+,51+,58+,59-;;/m1../s1. The number of nitrogens with zero attached hydrogens (tertiary/aromatic N) is 2. The van der Waals surface area contributed by atoms with Gasteiger partial charge < -0.3 is 29.3 Å². The summed E-state index contributed by atoms with van der Waals surface area (Å²) >= 11 is 13.7. The van der Waals surface area contributed by atoms with E-state index in [2.05, 4.69) is 34.6 Å². The van der Waals surface area contributed by atoms with E-state index in [-0.39, 0.29) is 116 Å². The van der Waals surface area contributed by atoms with Gasteiger partial charge in [-0.2, -0.15) is 0 Å². The van der Waals surface area contributed by atoms with Crippen molar-refractivity contribution in [2.24, 2.45) is 58.2 Å². The minimum atomic E-state index is -1.56. The predicted octanol–water partition coefficient (Wildman–Crippen LogP) is 7.65. The van der Waals surface area contributed by atoms with Gasteiger partial charge in [0.05, 0.1) is 31.8 Å². The van der Waals surface area contributed by atoms with Gasteiger partial charge in [0.15, 0.2) is 0 Å². The van der Waals surface area contributed by atoms with Crippen molar-refractivity contribution in [2.75, 3.05) is 0 Å². The molecule has 75 heavy (non-hydrogen) atoms. The van der Waals surface area contributed by atoms with E-state index in [4.69, 9.17) is 32.7 Å². The first-order chi connectivity index (χ1) is 34.8. The van der Waals surface area contributed by atoms with Gasteiger partial charge in [-0.1, -0.05) is 83.2 Å². The Morgan fingerprint density at radius 2 is 1.20 bits per heavy atom. The maximum Gasteiger partial charge on any atom is 1.00 e. The van der Waals surface area contributed by atoms with Crippen molar-refractivity contribution in [1.29, 1.82) is 0 Å². The number of halogens is 2. The van der Waals surface area contributed by atoms with Crippen LogP contribution in [0.4, 0.5) is 11.4 Å². The van der Waals surface area contributed by atoms with Crippen molar-refractivity contribution in [3.63, 3.8) is 0 Å². The van der Waals surface area contributed by atoms with E-state index in [1.165, 1.54) is 125 Å². The molecule has 4 aromatic rings. The van der Waals surface area contributed by atoms with Crippen LogP contribution in [0.1, 0.15) is 167 Å². The fraction of sp³-hybridized carbons (Fsp3) is 0.525. The largest absolute Gasteiger partial charge is 1.00 e. The number of benzene rings is 4. The summed E-state index contributed by atoms with van der Waals surface area (Å²) in [7, 11) is 0. The number of hydrogen-bond donors (Lipinski definition) is 0. The van der Waals surface area contributed by atoms with Crippen LogP contribution in [0.25, 0.3) is 5.57 Å². The molecule has 390 valence electrons. The Hall–Kier alpha value is -3.46. The summed E-state index contributed by atoms with van der Waals surface area (Å²) in [5, 5.41) is 47.9. The molecule has 0 bridgehead atoms. The molecule has 0 aliphatic heterocycles. The minimum absolute atomic E-state index is 0. The van der Waals surface area contributed by atoms with E-state index in [0.29, 0.717) is 56.9 Å². The van der Waals surface area contributed by atoms with Crippen molar-refractivity contribution in [1.82, 2.24) is 0 Å². The second-order valence-electron chi connectivity index (χ2n) is 22.7. The number of rotatable bonds is 20. The summed E-state index contributed by atoms with van der Waals surface area (Å²) in [4.78, 5) is 47.0. The fourth-order valence-corrected chi connectivity index (χ4v) is 14.9. The van der Waals surface area contributed by atoms with Crippen LogP contribution in [0.15, 0.2) is 78.9 Å². The molecule has 1 unspecified atom stereocenters. The minimum Gasteiger partial charge on any atom is -0.545 e. The van der Waals surface area contributed by atoms with Crippen molar-refractivity contribution in [3.8, 4) is 11.5 Å². The third-order valence-electron chi connectivity index (χ3n) is 18.1. The Morgan fingerprint density at radius 3 is 1.69 bits per heavy atom. The summed E-state index contributed by atoms with van der Waals surface area (Å²) in [5.74, 6) is 2.46. The first-order valence-electron chi connectivity index (χ1n) is 26.3. The van der Waals surface area contributed by atoms with E-state index >= 15 is 0 Å². The van der Waals surface area contributed by atoms with Gasteiger partial charge >= 0.3 is 59.1 Å². The molecule has 0 radical (unpaired) electrons. The van der Waals surface area contributed by atoms with E-state index in [1.54, 1.807) is 12.1 Å². The number of fused-ring (bicyclic) bond motifs is 5. The number of carboxylic acids is 2. The molecule has 12 nitrogen and oxygen atoms in total. The quantitative estimate of drug-likeness (QED) is 0.0484. The van der Waals surface area contributed by atoms with Gasteiger partial charge in [0, 0.05) is 35.4 Å². The van der Waals surface area contributed by atoms with E-state index in [1.807, 2.05) is 6.08 Å². The third-order valence-corrected chi connectivity index (χ3v) is 18.7. The molecule has 0 heterocycles. The van der Waals surface area contributed by atoms with Crippen LogP contribution in [0.3, 0.4) is 0 Å². The molecule has 8 rings (SSSR count). The molecular weight excluding hydrogens is 1010 g/mol. The van der Waals surface area contributed by atoms with Crippen LogP contribution >= 0.6 is 23.2 Å². The average molecular weight is 1080 g/mol. The molecule has 4 aliphatic rings. The number of allylic oxidation sites excluding steroid dienone is 1. The van der Waals surface area contributed by atoms with Crippen LogP contribution < -0.4 is 78.8 Å². The third kappa shape index (κ3) is 13.5. The Bertz CT molecular complexity index is 2610. The second-order valence-corrected chi connectivity index (χ2v) is 23.5. The van der Waals surface area contributed by atoms with Gasteiger partial charge in [0.2, 0.25) is 0 Å². The SMILES string of the molecule is CC(C)CCC[C@@H](C)[C@H]1CC[C@H]2[C@@H]3CCC4C[C@@H](CCC=C(c5cc(Cl)c(OCc6ccc([N+](=O)[O-])cc6)c(C(=O)[O-])c5)c5cc(Cl)c(OCc6ccc([N+](=O)[O-])cc6)c(C(=O)[O-])c5)CC[C@]4(C)[C@H]3CC[C@]12C.[Na+].[Na+]. The average Bonchev–Trinajstić information content (AvgIpc) is 3.71. The van der Waals surface area contributed by atoms with Gasteiger partial charge in [0.25, 0.3) is 11.4 Å². The summed E-state index contributed by atoms with van der Waals surface area (Å²) < 4.78 is 11.9. The topological polar surface area (TPSA) is 185 Å². The molecule has 0 aromatic heterocycles. The zero-order valence-electron chi connectivity index (χ0n) is 44.7. The molecule has 0 N–H and O–H groups in total. The summed E-state index contributed by atoms with van der Waals surface area (Å²) in [6, 6.07) is 17.1. The van der Waals surface area contributed by atoms with Crippen LogP contribution in [0.2, 0.25) is 10.0 Å². The first kappa shape index (κ1) is 60.8. The number of carbonyl (C=O) groups excluding carboxylic acids is 2. The summed E-state index contributed by atoms with van der Waals surface area (Å²) in [6.07, 6.45) is 19.0. The van der Waals surface area contributed by atoms with Gasteiger partial charge in [-0.15, -0.1) is 0 Å². The number of nitro groups is 2. The van der Waals surface area contributed by atoms with Crippen molar-refractivity contribution in [2.45, 2.75) is 138 Å². The van der Waals surface area contributed by atoms with Crippen LogP contribution in [-0.4, -0.2) is 21.8 Å². The number of hydrogen-bond acceptors (Lipinski definition) is 10. The van der Waals surface area contributed by atoms with Crippen LogP contribution in [-0.2, 0) is 13.2 Å². The molecule has 4 fully saturated rings. The van der Waals surface area contributed by atoms with Gasteiger partial charge in [-0.3, -0.25) is 20.2 Å². The number of non-ortho nitro benzene ring substituents is 2. The van der Waals surface area contributed by atoms with Gasteiger partial charge in [-0.25, -0.2) is 0 Å².